The highest BCUT2D eigenvalue weighted by Crippen LogP contribution is 2.29. The number of ether oxygens (including phenoxy) is 1. The first kappa shape index (κ1) is 13.9. The Morgan fingerprint density at radius 3 is 2.07 bits per heavy atom. The lowest BCUT2D eigenvalue weighted by molar-refractivity contribution is -0.0900. The number of hydrogen-bond donors (Lipinski definition) is 1. The Hall–Kier alpha value is -0.120. The minimum Gasteiger partial charge on any atom is -0.377 e. The lowest BCUT2D eigenvalue weighted by atomic mass is 9.84. The van der Waals surface area contributed by atoms with E-state index in [1.807, 2.05) is 7.05 Å². The summed E-state index contributed by atoms with van der Waals surface area (Å²) in [7, 11) is 5.88. The van der Waals surface area contributed by atoms with E-state index in [1.165, 1.54) is 0 Å². The van der Waals surface area contributed by atoms with E-state index in [4.69, 9.17) is 4.74 Å². The summed E-state index contributed by atoms with van der Waals surface area (Å²) < 4.78 is 5.54. The van der Waals surface area contributed by atoms with Crippen molar-refractivity contribution >= 4 is 0 Å². The number of rotatable bonds is 6. The van der Waals surface area contributed by atoms with Crippen LogP contribution in [0.25, 0.3) is 0 Å². The first-order valence-corrected chi connectivity index (χ1v) is 5.20. The van der Waals surface area contributed by atoms with Gasteiger partial charge in [-0.1, -0.05) is 0 Å². The molecule has 0 amide bonds. The van der Waals surface area contributed by atoms with Gasteiger partial charge in [0.05, 0.1) is 5.60 Å². The van der Waals surface area contributed by atoms with Crippen LogP contribution in [-0.2, 0) is 4.74 Å². The van der Waals surface area contributed by atoms with E-state index in [-0.39, 0.29) is 11.1 Å². The molecule has 0 saturated heterocycles. The molecule has 0 spiro atoms. The van der Waals surface area contributed by atoms with Crippen LogP contribution in [0.2, 0.25) is 0 Å². The molecule has 0 saturated carbocycles. The molecule has 0 atom stereocenters. The normalized spacial score (nSPS) is 13.7. The van der Waals surface area contributed by atoms with Gasteiger partial charge in [0.25, 0.3) is 0 Å². The molecule has 0 radical (unpaired) electrons. The molecule has 86 valence electrons. The molecule has 0 aromatic heterocycles. The van der Waals surface area contributed by atoms with Crippen LogP contribution < -0.4 is 5.32 Å². The Balaban J connectivity index is 4.43. The number of nitrogens with zero attached hydrogens (tertiary/aromatic N) is 1. The molecule has 0 rings (SSSR count). The molecule has 0 aromatic carbocycles. The summed E-state index contributed by atoms with van der Waals surface area (Å²) in [6, 6.07) is 0. The average Bonchev–Trinajstić information content (AvgIpc) is 2.13. The van der Waals surface area contributed by atoms with E-state index >= 15 is 0 Å². The van der Waals surface area contributed by atoms with Gasteiger partial charge in [-0.25, -0.2) is 0 Å². The Kier molecular flexibility index (Phi) is 5.06. The summed E-state index contributed by atoms with van der Waals surface area (Å²) in [6.45, 7) is 10.7. The molecular weight excluding hydrogens is 176 g/mol. The van der Waals surface area contributed by atoms with Crippen LogP contribution in [0.5, 0.6) is 0 Å². The van der Waals surface area contributed by atoms with Crippen molar-refractivity contribution in [1.29, 1.82) is 0 Å². The van der Waals surface area contributed by atoms with Crippen molar-refractivity contribution < 1.29 is 4.74 Å². The second-order valence-corrected chi connectivity index (χ2v) is 4.80. The zero-order valence-corrected chi connectivity index (χ0v) is 10.8. The highest BCUT2D eigenvalue weighted by atomic mass is 16.5. The van der Waals surface area contributed by atoms with Crippen molar-refractivity contribution in [3.05, 3.63) is 0 Å². The maximum atomic E-state index is 5.54. The summed E-state index contributed by atoms with van der Waals surface area (Å²) in [5, 5.41) is 3.16. The predicted molar refractivity (Wildman–Crippen MR) is 61.7 cm³/mol. The van der Waals surface area contributed by atoms with Gasteiger partial charge in [-0.3, -0.25) is 4.90 Å². The Bertz CT molecular complexity index is 167. The van der Waals surface area contributed by atoms with Gasteiger partial charge in [-0.05, 0) is 41.8 Å². The molecule has 0 aliphatic carbocycles. The second kappa shape index (κ2) is 5.10. The highest BCUT2D eigenvalue weighted by Gasteiger charge is 2.39. The summed E-state index contributed by atoms with van der Waals surface area (Å²) in [4.78, 5) is 2.33. The van der Waals surface area contributed by atoms with Gasteiger partial charge in [-0.15, -0.1) is 0 Å². The molecule has 0 unspecified atom stereocenters. The smallest absolute Gasteiger partial charge is 0.0800 e. The van der Waals surface area contributed by atoms with Gasteiger partial charge in [0.1, 0.15) is 0 Å². The van der Waals surface area contributed by atoms with Gasteiger partial charge in [0, 0.05) is 25.7 Å². The predicted octanol–water partition coefficient (Wildman–Crippen LogP) is 1.34. The fraction of sp³-hybridized carbons (Fsp3) is 1.00. The van der Waals surface area contributed by atoms with E-state index in [9.17, 15) is 0 Å². The molecular formula is C11H26N2O. The largest absolute Gasteiger partial charge is 0.377 e. The van der Waals surface area contributed by atoms with Crippen molar-refractivity contribution in [2.24, 2.45) is 0 Å². The number of likely N-dealkylation sites (N-methyl/N-ethyl adjacent to an activating group) is 2. The zero-order valence-electron chi connectivity index (χ0n) is 10.8. The molecule has 14 heavy (non-hydrogen) atoms. The Labute approximate surface area is 88.8 Å². The molecule has 0 heterocycles. The van der Waals surface area contributed by atoms with Crippen LogP contribution in [0.15, 0.2) is 0 Å². The molecule has 0 fully saturated rings. The summed E-state index contributed by atoms with van der Waals surface area (Å²) in [5.74, 6) is 0. The van der Waals surface area contributed by atoms with Gasteiger partial charge in [0.15, 0.2) is 0 Å². The summed E-state index contributed by atoms with van der Waals surface area (Å²) in [5.41, 5.74) is -0.117. The van der Waals surface area contributed by atoms with Crippen molar-refractivity contribution in [2.45, 2.75) is 38.8 Å². The molecule has 0 aliphatic rings. The Morgan fingerprint density at radius 2 is 1.71 bits per heavy atom. The van der Waals surface area contributed by atoms with Gasteiger partial charge in [0.2, 0.25) is 0 Å². The molecule has 0 aliphatic heterocycles. The topological polar surface area (TPSA) is 24.5 Å². The standard InChI is InChI=1S/C11H26N2O/c1-10(2,11(3,4)14-7)13(6)9-8-12-5/h12H,8-9H2,1-7H3. The van der Waals surface area contributed by atoms with Crippen LogP contribution in [0.3, 0.4) is 0 Å². The maximum absolute atomic E-state index is 5.54. The SMILES string of the molecule is CNCCN(C)C(C)(C)C(C)(C)OC. The van der Waals surface area contributed by atoms with Crippen molar-refractivity contribution in [3.63, 3.8) is 0 Å². The lowest BCUT2D eigenvalue weighted by Crippen LogP contribution is -2.58. The molecule has 0 aromatic rings. The third-order valence-corrected chi connectivity index (χ3v) is 3.64. The molecule has 0 bridgehead atoms. The van der Waals surface area contributed by atoms with E-state index in [0.717, 1.165) is 13.1 Å². The molecule has 1 N–H and O–H groups in total. The van der Waals surface area contributed by atoms with Gasteiger partial charge < -0.3 is 10.1 Å². The van der Waals surface area contributed by atoms with Crippen LogP contribution in [0.1, 0.15) is 27.7 Å². The monoisotopic (exact) mass is 202 g/mol. The number of nitrogens with one attached hydrogen (secondary N) is 1. The third-order valence-electron chi connectivity index (χ3n) is 3.64. The van der Waals surface area contributed by atoms with Crippen molar-refractivity contribution in [1.82, 2.24) is 10.2 Å². The van der Waals surface area contributed by atoms with E-state index in [2.05, 4.69) is 45.0 Å². The van der Waals surface area contributed by atoms with Crippen molar-refractivity contribution in [2.75, 3.05) is 34.3 Å². The fourth-order valence-electron chi connectivity index (χ4n) is 1.27. The summed E-state index contributed by atoms with van der Waals surface area (Å²) in [6.07, 6.45) is 0. The van der Waals surface area contributed by atoms with Crippen molar-refractivity contribution in [3.8, 4) is 0 Å². The quantitative estimate of drug-likeness (QED) is 0.703. The maximum Gasteiger partial charge on any atom is 0.0800 e. The van der Waals surface area contributed by atoms with E-state index in [1.54, 1.807) is 7.11 Å². The first-order valence-electron chi connectivity index (χ1n) is 5.20. The first-order chi connectivity index (χ1) is 6.29. The third kappa shape index (κ3) is 2.94. The number of methoxy groups -OCH3 is 1. The van der Waals surface area contributed by atoms with Crippen LogP contribution in [-0.4, -0.2) is 50.3 Å². The summed E-state index contributed by atoms with van der Waals surface area (Å²) >= 11 is 0. The fourth-order valence-corrected chi connectivity index (χ4v) is 1.27. The molecule has 3 heteroatoms. The lowest BCUT2D eigenvalue weighted by Gasteiger charge is -2.46. The van der Waals surface area contributed by atoms with E-state index in [0.29, 0.717) is 0 Å². The van der Waals surface area contributed by atoms with Gasteiger partial charge in [-0.2, -0.15) is 0 Å². The van der Waals surface area contributed by atoms with Crippen LogP contribution >= 0.6 is 0 Å². The van der Waals surface area contributed by atoms with Crippen LogP contribution in [0, 0.1) is 0 Å². The zero-order chi connectivity index (χ0) is 11.4. The van der Waals surface area contributed by atoms with Gasteiger partial charge >= 0.3 is 0 Å². The minimum absolute atomic E-state index is 0.0264. The molecule has 3 nitrogen and oxygen atoms in total. The van der Waals surface area contributed by atoms with Crippen LogP contribution in [0.4, 0.5) is 0 Å². The number of hydrogen-bond acceptors (Lipinski definition) is 3. The average molecular weight is 202 g/mol. The second-order valence-electron chi connectivity index (χ2n) is 4.80. The highest BCUT2D eigenvalue weighted by molar-refractivity contribution is 4.95. The van der Waals surface area contributed by atoms with E-state index < -0.39 is 0 Å². The Morgan fingerprint density at radius 1 is 1.21 bits per heavy atom. The minimum atomic E-state index is -0.143.